The molecule has 30 heavy (non-hydrogen) atoms. The van der Waals surface area contributed by atoms with Gasteiger partial charge in [0.2, 0.25) is 10.0 Å². The predicted octanol–water partition coefficient (Wildman–Crippen LogP) is 3.42. The van der Waals surface area contributed by atoms with Crippen LogP contribution >= 0.6 is 0 Å². The number of hydrogen-bond acceptors (Lipinski definition) is 4. The van der Waals surface area contributed by atoms with Crippen molar-refractivity contribution in [3.05, 3.63) is 59.9 Å². The van der Waals surface area contributed by atoms with E-state index in [1.807, 2.05) is 44.4 Å². The van der Waals surface area contributed by atoms with Crippen molar-refractivity contribution in [1.29, 1.82) is 0 Å². The van der Waals surface area contributed by atoms with Crippen molar-refractivity contribution >= 4 is 21.1 Å². The van der Waals surface area contributed by atoms with E-state index in [-0.39, 0.29) is 10.3 Å². The average molecular weight is 429 g/mol. The number of para-hydroxylation sites is 2. The minimum atomic E-state index is -3.56. The number of aromatic nitrogens is 2. The van der Waals surface area contributed by atoms with Crippen molar-refractivity contribution in [3.63, 3.8) is 0 Å². The number of fused-ring (bicyclic) bond motifs is 1. The molecule has 1 N–H and O–H groups in total. The Bertz CT molecular complexity index is 1090. The second kappa shape index (κ2) is 8.88. The fourth-order valence-electron chi connectivity index (χ4n) is 3.38. The molecule has 0 saturated carbocycles. The first-order valence-corrected chi connectivity index (χ1v) is 11.8. The lowest BCUT2D eigenvalue weighted by Crippen LogP contribution is -2.27. The first-order chi connectivity index (χ1) is 14.1. The predicted molar refractivity (Wildman–Crippen MR) is 122 cm³/mol. The van der Waals surface area contributed by atoms with Crippen molar-refractivity contribution in [2.24, 2.45) is 0 Å². The summed E-state index contributed by atoms with van der Waals surface area (Å²) in [6, 6.07) is 15.1. The fourth-order valence-corrected chi connectivity index (χ4v) is 4.41. The molecule has 0 aliphatic heterocycles. The number of hydrogen-bond donors (Lipinski definition) is 1. The highest BCUT2D eigenvalue weighted by Crippen LogP contribution is 2.23. The van der Waals surface area contributed by atoms with Gasteiger partial charge in [0.25, 0.3) is 0 Å². The maximum absolute atomic E-state index is 12.7. The quantitative estimate of drug-likeness (QED) is 0.597. The summed E-state index contributed by atoms with van der Waals surface area (Å²) < 4.78 is 30.3. The fraction of sp³-hybridized carbons (Fsp3) is 0.435. The minimum Gasteiger partial charge on any atom is -0.327 e. The Hall–Kier alpha value is -2.22. The Morgan fingerprint density at radius 3 is 2.33 bits per heavy atom. The van der Waals surface area contributed by atoms with Crippen molar-refractivity contribution in [3.8, 4) is 0 Å². The van der Waals surface area contributed by atoms with Crippen LogP contribution in [-0.2, 0) is 28.4 Å². The SMILES string of the molecule is CN(C)CCn1c(CCNS(=O)(=O)c2ccc(C(C)(C)C)cc2)nc2ccccc21. The zero-order valence-electron chi connectivity index (χ0n) is 18.5. The third kappa shape index (κ3) is 5.28. The van der Waals surface area contributed by atoms with Gasteiger partial charge in [-0.05, 0) is 49.3 Å². The number of nitrogens with one attached hydrogen (secondary N) is 1. The van der Waals surface area contributed by atoms with Crippen LogP contribution in [0.4, 0.5) is 0 Å². The summed E-state index contributed by atoms with van der Waals surface area (Å²) in [4.78, 5) is 7.15. The smallest absolute Gasteiger partial charge is 0.240 e. The third-order valence-corrected chi connectivity index (χ3v) is 6.65. The Labute approximate surface area is 180 Å². The summed E-state index contributed by atoms with van der Waals surface area (Å²) in [5, 5.41) is 0. The molecule has 0 bridgehead atoms. The lowest BCUT2D eigenvalue weighted by Gasteiger charge is -2.19. The van der Waals surface area contributed by atoms with Crippen molar-refractivity contribution < 1.29 is 8.42 Å². The molecule has 2 aromatic carbocycles. The van der Waals surface area contributed by atoms with Crippen molar-refractivity contribution in [1.82, 2.24) is 19.2 Å². The van der Waals surface area contributed by atoms with Gasteiger partial charge in [-0.15, -0.1) is 0 Å². The molecule has 0 aliphatic rings. The van der Waals surface area contributed by atoms with E-state index in [0.717, 1.165) is 35.5 Å². The van der Waals surface area contributed by atoms with E-state index in [1.165, 1.54) is 0 Å². The largest absolute Gasteiger partial charge is 0.327 e. The van der Waals surface area contributed by atoms with Crippen LogP contribution in [0.5, 0.6) is 0 Å². The van der Waals surface area contributed by atoms with Gasteiger partial charge in [-0.1, -0.05) is 45.0 Å². The van der Waals surface area contributed by atoms with E-state index in [4.69, 9.17) is 4.98 Å². The molecular formula is C23H32N4O2S. The molecule has 7 heteroatoms. The van der Waals surface area contributed by atoms with E-state index in [2.05, 4.69) is 41.0 Å². The Morgan fingerprint density at radius 1 is 1.03 bits per heavy atom. The van der Waals surface area contributed by atoms with Crippen LogP contribution in [-0.4, -0.2) is 50.1 Å². The van der Waals surface area contributed by atoms with Crippen LogP contribution in [0.3, 0.4) is 0 Å². The van der Waals surface area contributed by atoms with Crippen molar-refractivity contribution in [2.45, 2.75) is 44.0 Å². The number of benzene rings is 2. The van der Waals surface area contributed by atoms with E-state index < -0.39 is 10.0 Å². The molecule has 0 fully saturated rings. The molecule has 0 unspecified atom stereocenters. The first kappa shape index (κ1) is 22.5. The van der Waals surface area contributed by atoms with Gasteiger partial charge in [0, 0.05) is 26.1 Å². The molecule has 0 radical (unpaired) electrons. The molecule has 3 aromatic rings. The Kier molecular flexibility index (Phi) is 6.65. The highest BCUT2D eigenvalue weighted by atomic mass is 32.2. The summed E-state index contributed by atoms with van der Waals surface area (Å²) in [5.41, 5.74) is 3.11. The van der Waals surface area contributed by atoms with Crippen LogP contribution < -0.4 is 4.72 Å². The summed E-state index contributed by atoms with van der Waals surface area (Å²) in [6.45, 7) is 8.32. The summed E-state index contributed by atoms with van der Waals surface area (Å²) in [6.07, 6.45) is 0.529. The minimum absolute atomic E-state index is 0.0125. The van der Waals surface area contributed by atoms with Gasteiger partial charge >= 0.3 is 0 Å². The van der Waals surface area contributed by atoms with Crippen LogP contribution in [0, 0.1) is 0 Å². The van der Waals surface area contributed by atoms with Gasteiger partial charge < -0.3 is 9.47 Å². The average Bonchev–Trinajstić information content (AvgIpc) is 3.03. The highest BCUT2D eigenvalue weighted by Gasteiger charge is 2.18. The molecule has 6 nitrogen and oxygen atoms in total. The van der Waals surface area contributed by atoms with Gasteiger partial charge in [0.15, 0.2) is 0 Å². The van der Waals surface area contributed by atoms with Crippen LogP contribution in [0.2, 0.25) is 0 Å². The molecule has 0 aliphatic carbocycles. The van der Waals surface area contributed by atoms with E-state index >= 15 is 0 Å². The number of likely N-dealkylation sites (N-methyl/N-ethyl adjacent to an activating group) is 1. The monoisotopic (exact) mass is 428 g/mol. The van der Waals surface area contributed by atoms with Gasteiger partial charge in [0.1, 0.15) is 5.82 Å². The lowest BCUT2D eigenvalue weighted by atomic mass is 9.87. The van der Waals surface area contributed by atoms with Gasteiger partial charge in [-0.3, -0.25) is 0 Å². The Morgan fingerprint density at radius 2 is 1.70 bits per heavy atom. The number of nitrogens with zero attached hydrogens (tertiary/aromatic N) is 3. The van der Waals surface area contributed by atoms with Crippen LogP contribution in [0.15, 0.2) is 53.4 Å². The second-order valence-electron chi connectivity index (χ2n) is 8.89. The maximum atomic E-state index is 12.7. The number of rotatable bonds is 8. The standard InChI is InChI=1S/C23H32N4O2S/c1-23(2,3)18-10-12-19(13-11-18)30(28,29)24-15-14-22-25-20-8-6-7-9-21(20)27(22)17-16-26(4)5/h6-13,24H,14-17H2,1-5H3. The van der Waals surface area contributed by atoms with Gasteiger partial charge in [0.05, 0.1) is 15.9 Å². The van der Waals surface area contributed by atoms with Gasteiger partial charge in [-0.2, -0.15) is 0 Å². The zero-order valence-corrected chi connectivity index (χ0v) is 19.3. The number of imidazole rings is 1. The molecule has 0 amide bonds. The summed E-state index contributed by atoms with van der Waals surface area (Å²) in [7, 11) is 0.522. The van der Waals surface area contributed by atoms with Gasteiger partial charge in [-0.25, -0.2) is 18.1 Å². The molecule has 162 valence electrons. The van der Waals surface area contributed by atoms with E-state index in [9.17, 15) is 8.42 Å². The zero-order chi connectivity index (χ0) is 21.9. The third-order valence-electron chi connectivity index (χ3n) is 5.18. The molecular weight excluding hydrogens is 396 g/mol. The maximum Gasteiger partial charge on any atom is 0.240 e. The molecule has 0 atom stereocenters. The molecule has 1 heterocycles. The molecule has 0 saturated heterocycles. The molecule has 3 rings (SSSR count). The van der Waals surface area contributed by atoms with Crippen LogP contribution in [0.1, 0.15) is 32.2 Å². The second-order valence-corrected chi connectivity index (χ2v) is 10.7. The van der Waals surface area contributed by atoms with Crippen molar-refractivity contribution in [2.75, 3.05) is 27.2 Å². The Balaban J connectivity index is 1.72. The normalized spacial score (nSPS) is 12.7. The molecule has 0 spiro atoms. The highest BCUT2D eigenvalue weighted by molar-refractivity contribution is 7.89. The molecule has 1 aromatic heterocycles. The van der Waals surface area contributed by atoms with E-state index in [1.54, 1.807) is 12.1 Å². The first-order valence-electron chi connectivity index (χ1n) is 10.3. The topological polar surface area (TPSA) is 67.2 Å². The van der Waals surface area contributed by atoms with E-state index in [0.29, 0.717) is 13.0 Å². The summed E-state index contributed by atoms with van der Waals surface area (Å²) >= 11 is 0. The number of sulfonamides is 1. The lowest BCUT2D eigenvalue weighted by molar-refractivity contribution is 0.383. The van der Waals surface area contributed by atoms with Crippen LogP contribution in [0.25, 0.3) is 11.0 Å². The summed E-state index contributed by atoms with van der Waals surface area (Å²) in [5.74, 6) is 0.892.